The van der Waals surface area contributed by atoms with Crippen LogP contribution in [-0.2, 0) is 6.42 Å². The van der Waals surface area contributed by atoms with Gasteiger partial charge in [0.05, 0.1) is 10.0 Å². The summed E-state index contributed by atoms with van der Waals surface area (Å²) in [5.41, 5.74) is 2.05. The molecule has 0 spiro atoms. The molecule has 0 amide bonds. The lowest BCUT2D eigenvalue weighted by Crippen LogP contribution is -2.10. The molecule has 1 atom stereocenters. The molecule has 1 nitrogen and oxygen atoms in total. The third-order valence-electron chi connectivity index (χ3n) is 3.42. The Labute approximate surface area is 127 Å². The van der Waals surface area contributed by atoms with Gasteiger partial charge >= 0.3 is 0 Å². The van der Waals surface area contributed by atoms with E-state index in [-0.39, 0.29) is 11.9 Å². The maximum absolute atomic E-state index is 13.8. The van der Waals surface area contributed by atoms with Crippen molar-refractivity contribution < 1.29 is 9.13 Å². The third kappa shape index (κ3) is 2.27. The normalized spacial score (nSPS) is 16.9. The molecule has 0 saturated carbocycles. The monoisotopic (exact) mass is 309 g/mol. The van der Waals surface area contributed by atoms with Crippen molar-refractivity contribution in [2.24, 2.45) is 0 Å². The number of rotatable bonds is 2. The molecular weight excluding hydrogens is 298 g/mol. The lowest BCUT2D eigenvalue weighted by atomic mass is 10.00. The minimum absolute atomic E-state index is 0.0215. The molecule has 1 unspecified atom stereocenters. The van der Waals surface area contributed by atoms with Crippen LogP contribution in [-0.4, -0.2) is 6.10 Å². The molecule has 4 heteroatoms. The van der Waals surface area contributed by atoms with Crippen LogP contribution in [0.15, 0.2) is 30.3 Å². The van der Waals surface area contributed by atoms with Crippen LogP contribution in [0.3, 0.4) is 0 Å². The van der Waals surface area contributed by atoms with Gasteiger partial charge in [-0.1, -0.05) is 29.3 Å². The maximum Gasteiger partial charge on any atom is 0.131 e. The van der Waals surface area contributed by atoms with Crippen LogP contribution in [0.5, 0.6) is 5.75 Å². The van der Waals surface area contributed by atoms with Gasteiger partial charge in [-0.05, 0) is 37.6 Å². The van der Waals surface area contributed by atoms with Crippen molar-refractivity contribution >= 4 is 23.2 Å². The highest BCUT2D eigenvalue weighted by Crippen LogP contribution is 2.45. The van der Waals surface area contributed by atoms with E-state index < -0.39 is 0 Å². The molecule has 0 bridgehead atoms. The third-order valence-corrected chi connectivity index (χ3v) is 4.05. The molecule has 1 radical (unpaired) electrons. The summed E-state index contributed by atoms with van der Waals surface area (Å²) in [6, 6.07) is 8.13. The zero-order chi connectivity index (χ0) is 14.3. The smallest absolute Gasteiger partial charge is 0.131 e. The summed E-state index contributed by atoms with van der Waals surface area (Å²) >= 11 is 12.4. The van der Waals surface area contributed by atoms with E-state index >= 15 is 0 Å². The van der Waals surface area contributed by atoms with E-state index in [1.165, 1.54) is 12.1 Å². The Bertz CT molecular complexity index is 650. The van der Waals surface area contributed by atoms with Gasteiger partial charge in [-0.3, -0.25) is 0 Å². The topological polar surface area (TPSA) is 9.23 Å². The summed E-state index contributed by atoms with van der Waals surface area (Å²) in [6.07, 6.45) is 1.27. The largest absolute Gasteiger partial charge is 0.489 e. The molecule has 1 aliphatic rings. The lowest BCUT2D eigenvalue weighted by Gasteiger charge is -2.13. The Hall–Kier alpha value is -1.25. The predicted octanol–water partition coefficient (Wildman–Crippen LogP) is 5.33. The van der Waals surface area contributed by atoms with Gasteiger partial charge in [0, 0.05) is 23.1 Å². The summed E-state index contributed by atoms with van der Waals surface area (Å²) in [5.74, 6) is 0.345. The van der Waals surface area contributed by atoms with Gasteiger partial charge in [0.1, 0.15) is 17.7 Å². The van der Waals surface area contributed by atoms with Crippen molar-refractivity contribution in [3.05, 3.63) is 58.7 Å². The first kappa shape index (κ1) is 13.7. The molecule has 0 aromatic heterocycles. The van der Waals surface area contributed by atoms with Crippen molar-refractivity contribution in [3.63, 3.8) is 0 Å². The predicted molar refractivity (Wildman–Crippen MR) is 80.0 cm³/mol. The molecule has 0 aliphatic carbocycles. The standard InChI is InChI=1S/C16H12Cl2FO/c1-2-11-7-9-6-10(19)8-12(16(9)20-11)15-13(17)4-3-5-14(15)18/h3-6,8,11H,1-2,7H2. The second kappa shape index (κ2) is 5.27. The average molecular weight is 310 g/mol. The van der Waals surface area contributed by atoms with Gasteiger partial charge < -0.3 is 4.74 Å². The number of fused-ring (bicyclic) bond motifs is 1. The Morgan fingerprint density at radius 1 is 1.25 bits per heavy atom. The Kier molecular flexibility index (Phi) is 3.61. The van der Waals surface area contributed by atoms with Crippen LogP contribution in [0, 0.1) is 12.7 Å². The highest BCUT2D eigenvalue weighted by Gasteiger charge is 2.27. The van der Waals surface area contributed by atoms with Crippen molar-refractivity contribution in [1.29, 1.82) is 0 Å². The van der Waals surface area contributed by atoms with Crippen LogP contribution < -0.4 is 4.74 Å². The van der Waals surface area contributed by atoms with Gasteiger partial charge in [0.15, 0.2) is 0 Å². The molecule has 3 rings (SSSR count). The van der Waals surface area contributed by atoms with E-state index in [1.807, 2.05) is 0 Å². The second-order valence-electron chi connectivity index (χ2n) is 4.77. The molecule has 0 saturated heterocycles. The second-order valence-corrected chi connectivity index (χ2v) is 5.59. The number of halogens is 3. The van der Waals surface area contributed by atoms with Crippen LogP contribution in [0.4, 0.5) is 4.39 Å². The molecule has 0 N–H and O–H groups in total. The van der Waals surface area contributed by atoms with Crippen molar-refractivity contribution in [1.82, 2.24) is 0 Å². The molecule has 2 aromatic rings. The Morgan fingerprint density at radius 2 is 1.95 bits per heavy atom. The van der Waals surface area contributed by atoms with Gasteiger partial charge in [-0.2, -0.15) is 0 Å². The number of hydrogen-bond donors (Lipinski definition) is 0. The maximum atomic E-state index is 13.8. The molecule has 1 aliphatic heterocycles. The fourth-order valence-corrected chi connectivity index (χ4v) is 3.10. The van der Waals surface area contributed by atoms with Crippen molar-refractivity contribution in [2.45, 2.75) is 18.9 Å². The van der Waals surface area contributed by atoms with E-state index in [9.17, 15) is 4.39 Å². The fraction of sp³-hybridized carbons (Fsp3) is 0.188. The summed E-state index contributed by atoms with van der Waals surface area (Å²) in [4.78, 5) is 0. The van der Waals surface area contributed by atoms with Gasteiger partial charge in [0.25, 0.3) is 0 Å². The van der Waals surface area contributed by atoms with Crippen molar-refractivity contribution in [3.8, 4) is 16.9 Å². The summed E-state index contributed by atoms with van der Waals surface area (Å²) in [5, 5.41) is 0.957. The highest BCUT2D eigenvalue weighted by molar-refractivity contribution is 6.39. The van der Waals surface area contributed by atoms with E-state index in [0.29, 0.717) is 39.8 Å². The lowest BCUT2D eigenvalue weighted by molar-refractivity contribution is 0.236. The number of hydrogen-bond acceptors (Lipinski definition) is 1. The Balaban J connectivity index is 2.21. The quantitative estimate of drug-likeness (QED) is 0.728. The molecule has 20 heavy (non-hydrogen) atoms. The SMILES string of the molecule is [CH2]CC1Cc2cc(F)cc(-c3c(Cl)cccc3Cl)c2O1. The molecule has 103 valence electrons. The average Bonchev–Trinajstić information content (AvgIpc) is 2.81. The highest BCUT2D eigenvalue weighted by atomic mass is 35.5. The zero-order valence-electron chi connectivity index (χ0n) is 10.6. The van der Waals surface area contributed by atoms with Crippen molar-refractivity contribution in [2.75, 3.05) is 0 Å². The van der Waals surface area contributed by atoms with Crippen LogP contribution in [0.2, 0.25) is 10.0 Å². The fourth-order valence-electron chi connectivity index (χ4n) is 2.50. The first-order chi connectivity index (χ1) is 9.60. The van der Waals surface area contributed by atoms with E-state index in [2.05, 4.69) is 6.92 Å². The summed E-state index contributed by atoms with van der Waals surface area (Å²) in [6.45, 7) is 3.84. The molecule has 1 heterocycles. The molecule has 2 aromatic carbocycles. The van der Waals surface area contributed by atoms with E-state index in [4.69, 9.17) is 27.9 Å². The Morgan fingerprint density at radius 3 is 2.60 bits per heavy atom. The minimum atomic E-state index is -0.317. The molecular formula is C16H12Cl2FO. The minimum Gasteiger partial charge on any atom is -0.489 e. The number of ether oxygens (including phenoxy) is 1. The molecule has 0 fully saturated rings. The number of benzene rings is 2. The van der Waals surface area contributed by atoms with Crippen LogP contribution >= 0.6 is 23.2 Å². The summed E-state index contributed by atoms with van der Waals surface area (Å²) < 4.78 is 19.7. The zero-order valence-corrected chi connectivity index (χ0v) is 12.1. The van der Waals surface area contributed by atoms with E-state index in [0.717, 1.165) is 5.56 Å². The first-order valence-corrected chi connectivity index (χ1v) is 7.08. The van der Waals surface area contributed by atoms with Crippen LogP contribution in [0.25, 0.3) is 11.1 Å². The van der Waals surface area contributed by atoms with Gasteiger partial charge in [-0.25, -0.2) is 4.39 Å². The van der Waals surface area contributed by atoms with Gasteiger partial charge in [-0.15, -0.1) is 0 Å². The van der Waals surface area contributed by atoms with E-state index in [1.54, 1.807) is 18.2 Å². The first-order valence-electron chi connectivity index (χ1n) is 6.33. The van der Waals surface area contributed by atoms with Gasteiger partial charge in [0.2, 0.25) is 0 Å². The summed E-state index contributed by atoms with van der Waals surface area (Å²) in [7, 11) is 0. The van der Waals surface area contributed by atoms with Crippen LogP contribution in [0.1, 0.15) is 12.0 Å².